The third-order valence-corrected chi connectivity index (χ3v) is 2.24. The Morgan fingerprint density at radius 1 is 1.35 bits per heavy atom. The number of ether oxygens (including phenoxy) is 1. The Bertz CT molecular complexity index is 533. The van der Waals surface area contributed by atoms with Crippen molar-refractivity contribution in [2.45, 2.75) is 13.2 Å². The van der Waals surface area contributed by atoms with Gasteiger partial charge in [-0.1, -0.05) is 23.4 Å². The number of hydrogen-bond acceptors (Lipinski definition) is 6. The van der Waals surface area contributed by atoms with E-state index in [4.69, 9.17) is 15.0 Å². The van der Waals surface area contributed by atoms with Crippen molar-refractivity contribution < 1.29 is 14.1 Å². The van der Waals surface area contributed by atoms with Gasteiger partial charge in [0.15, 0.2) is 6.61 Å². The van der Waals surface area contributed by atoms with Crippen LogP contribution in [0.5, 0.6) is 5.75 Å². The molecule has 0 bridgehead atoms. The van der Waals surface area contributed by atoms with Crippen LogP contribution in [0.2, 0.25) is 0 Å². The molecule has 0 atom stereocenters. The third-order valence-electron chi connectivity index (χ3n) is 2.24. The predicted octanol–water partition coefficient (Wildman–Crippen LogP) is 0.645. The molecule has 0 aliphatic rings. The van der Waals surface area contributed by atoms with E-state index in [1.165, 1.54) is 0 Å². The number of rotatable bonds is 6. The van der Waals surface area contributed by atoms with Gasteiger partial charge in [0.05, 0.1) is 13.1 Å². The van der Waals surface area contributed by atoms with Crippen molar-refractivity contribution in [3.63, 3.8) is 0 Å². The summed E-state index contributed by atoms with van der Waals surface area (Å²) < 4.78 is 10.4. The molecule has 0 fully saturated rings. The molecule has 0 aliphatic heterocycles. The van der Waals surface area contributed by atoms with Gasteiger partial charge in [-0.05, 0) is 12.1 Å². The normalized spacial score (nSPS) is 9.65. The maximum Gasteiger partial charge on any atom is 0.246 e. The van der Waals surface area contributed by atoms with Crippen LogP contribution in [-0.4, -0.2) is 22.6 Å². The summed E-state index contributed by atoms with van der Waals surface area (Å²) in [4.78, 5) is 15.0. The first-order chi connectivity index (χ1) is 9.28. The summed E-state index contributed by atoms with van der Waals surface area (Å²) in [5, 5.41) is 6.28. The average Bonchev–Trinajstić information content (AvgIpc) is 2.91. The van der Waals surface area contributed by atoms with Gasteiger partial charge in [0, 0.05) is 0 Å². The lowest BCUT2D eigenvalue weighted by Crippen LogP contribution is -2.29. The van der Waals surface area contributed by atoms with Gasteiger partial charge in [0.25, 0.3) is 0 Å². The van der Waals surface area contributed by atoms with Crippen molar-refractivity contribution >= 4 is 18.3 Å². The van der Waals surface area contributed by atoms with Gasteiger partial charge in [0.1, 0.15) is 5.75 Å². The molecule has 0 unspecified atom stereocenters. The summed E-state index contributed by atoms with van der Waals surface area (Å²) in [6.45, 7) is 0.296. The molecule has 7 nitrogen and oxygen atoms in total. The maximum atomic E-state index is 11.0. The quantitative estimate of drug-likeness (QED) is 0.811. The highest BCUT2D eigenvalue weighted by Gasteiger charge is 2.07. The fourth-order valence-electron chi connectivity index (χ4n) is 1.33. The minimum Gasteiger partial charge on any atom is -0.485 e. The van der Waals surface area contributed by atoms with Gasteiger partial charge in [-0.2, -0.15) is 4.98 Å². The molecule has 1 aromatic heterocycles. The molecule has 0 aliphatic carbocycles. The summed E-state index contributed by atoms with van der Waals surface area (Å²) in [5.41, 5.74) is 5.15. The molecular weight excluding hydrogens is 284 g/mol. The number of nitrogens with one attached hydrogen (secondary N) is 1. The van der Waals surface area contributed by atoms with E-state index in [-0.39, 0.29) is 38.0 Å². The second kappa shape index (κ2) is 8.13. The number of hydrogen-bond donors (Lipinski definition) is 2. The number of aromatic nitrogens is 2. The van der Waals surface area contributed by atoms with E-state index in [0.717, 1.165) is 5.75 Å². The van der Waals surface area contributed by atoms with Crippen molar-refractivity contribution in [1.29, 1.82) is 0 Å². The van der Waals surface area contributed by atoms with Gasteiger partial charge >= 0.3 is 0 Å². The van der Waals surface area contributed by atoms with Gasteiger partial charge < -0.3 is 20.3 Å². The monoisotopic (exact) mass is 298 g/mol. The molecule has 0 spiro atoms. The Kier molecular flexibility index (Phi) is 6.48. The second-order valence-corrected chi connectivity index (χ2v) is 3.69. The average molecular weight is 299 g/mol. The molecule has 20 heavy (non-hydrogen) atoms. The second-order valence-electron chi connectivity index (χ2n) is 3.69. The number of carbonyl (C=O) groups is 1. The molecule has 1 aromatic carbocycles. The molecule has 1 heterocycles. The minimum atomic E-state index is -0.278. The highest BCUT2D eigenvalue weighted by atomic mass is 35.5. The number of halogens is 1. The lowest BCUT2D eigenvalue weighted by Gasteiger charge is -2.01. The van der Waals surface area contributed by atoms with Crippen LogP contribution in [0.25, 0.3) is 0 Å². The van der Waals surface area contributed by atoms with Crippen LogP contribution in [0.15, 0.2) is 34.9 Å². The summed E-state index contributed by atoms with van der Waals surface area (Å²) in [7, 11) is 0. The van der Waals surface area contributed by atoms with Crippen molar-refractivity contribution in [1.82, 2.24) is 15.5 Å². The van der Waals surface area contributed by atoms with Crippen LogP contribution in [0.3, 0.4) is 0 Å². The zero-order valence-corrected chi connectivity index (χ0v) is 11.4. The first-order valence-corrected chi connectivity index (χ1v) is 5.74. The first kappa shape index (κ1) is 15.9. The summed E-state index contributed by atoms with van der Waals surface area (Å²) in [6, 6.07) is 9.32. The summed E-state index contributed by atoms with van der Waals surface area (Å²) in [5.74, 6) is 1.18. The Hall–Kier alpha value is -2.12. The number of benzene rings is 1. The lowest BCUT2D eigenvalue weighted by molar-refractivity contribution is -0.120. The van der Waals surface area contributed by atoms with Crippen LogP contribution in [0, 0.1) is 0 Å². The molecular formula is C12H15ClN4O3. The fraction of sp³-hybridized carbons (Fsp3) is 0.250. The Morgan fingerprint density at radius 3 is 2.80 bits per heavy atom. The Labute approximate surface area is 121 Å². The van der Waals surface area contributed by atoms with Crippen LogP contribution in [-0.2, 0) is 17.9 Å². The van der Waals surface area contributed by atoms with Crippen molar-refractivity contribution in [2.75, 3.05) is 6.54 Å². The molecule has 0 radical (unpaired) electrons. The highest BCUT2D eigenvalue weighted by Crippen LogP contribution is 2.10. The molecule has 2 aromatic rings. The summed E-state index contributed by atoms with van der Waals surface area (Å²) in [6.07, 6.45) is 0. The first-order valence-electron chi connectivity index (χ1n) is 5.74. The van der Waals surface area contributed by atoms with Gasteiger partial charge in [-0.25, -0.2) is 0 Å². The molecule has 1 amide bonds. The molecule has 3 N–H and O–H groups in total. The molecule has 0 saturated heterocycles. The third kappa shape index (κ3) is 4.87. The van der Waals surface area contributed by atoms with Crippen molar-refractivity contribution in [2.24, 2.45) is 5.73 Å². The molecule has 8 heteroatoms. The number of nitrogens with zero attached hydrogens (tertiary/aromatic N) is 2. The van der Waals surface area contributed by atoms with Crippen molar-refractivity contribution in [3.05, 3.63) is 42.0 Å². The van der Waals surface area contributed by atoms with Crippen LogP contribution >= 0.6 is 12.4 Å². The smallest absolute Gasteiger partial charge is 0.246 e. The standard InChI is InChI=1S/C12H14N4O3.ClH/c13-6-11(17)14-7-12-15-10(16-19-12)8-18-9-4-2-1-3-5-9;/h1-5H,6-8,13H2,(H,14,17);1H. The van der Waals surface area contributed by atoms with Gasteiger partial charge in [-0.3, -0.25) is 4.79 Å². The topological polar surface area (TPSA) is 103 Å². The maximum absolute atomic E-state index is 11.0. The number of para-hydroxylation sites is 1. The van der Waals surface area contributed by atoms with Crippen molar-refractivity contribution in [3.8, 4) is 5.75 Å². The number of nitrogens with two attached hydrogens (primary N) is 1. The van der Waals surface area contributed by atoms with E-state index in [0.29, 0.717) is 11.7 Å². The number of carbonyl (C=O) groups excluding carboxylic acids is 1. The number of amides is 1. The highest BCUT2D eigenvalue weighted by molar-refractivity contribution is 5.85. The Balaban J connectivity index is 0.00000200. The van der Waals surface area contributed by atoms with Gasteiger partial charge in [0.2, 0.25) is 17.6 Å². The SMILES string of the molecule is Cl.NCC(=O)NCc1nc(COc2ccccc2)no1. The van der Waals surface area contributed by atoms with E-state index in [2.05, 4.69) is 15.5 Å². The molecule has 0 saturated carbocycles. The summed E-state index contributed by atoms with van der Waals surface area (Å²) >= 11 is 0. The zero-order chi connectivity index (χ0) is 13.5. The predicted molar refractivity (Wildman–Crippen MR) is 73.2 cm³/mol. The van der Waals surface area contributed by atoms with Crippen LogP contribution in [0.4, 0.5) is 0 Å². The Morgan fingerprint density at radius 2 is 2.10 bits per heavy atom. The van der Waals surface area contributed by atoms with E-state index >= 15 is 0 Å². The van der Waals surface area contributed by atoms with Crippen LogP contribution in [0.1, 0.15) is 11.7 Å². The molecule has 2 rings (SSSR count). The van der Waals surface area contributed by atoms with Crippen LogP contribution < -0.4 is 15.8 Å². The van der Waals surface area contributed by atoms with E-state index < -0.39 is 0 Å². The zero-order valence-electron chi connectivity index (χ0n) is 10.6. The fourth-order valence-corrected chi connectivity index (χ4v) is 1.33. The van der Waals surface area contributed by atoms with E-state index in [1.54, 1.807) is 0 Å². The van der Waals surface area contributed by atoms with E-state index in [1.807, 2.05) is 30.3 Å². The largest absolute Gasteiger partial charge is 0.485 e. The van der Waals surface area contributed by atoms with Gasteiger partial charge in [-0.15, -0.1) is 12.4 Å². The minimum absolute atomic E-state index is 0. The molecule has 108 valence electrons. The van der Waals surface area contributed by atoms with E-state index in [9.17, 15) is 4.79 Å². The lowest BCUT2D eigenvalue weighted by atomic mass is 10.3.